The van der Waals surface area contributed by atoms with Gasteiger partial charge in [-0.3, -0.25) is 9.59 Å². The van der Waals surface area contributed by atoms with E-state index in [9.17, 15) is 19.5 Å². The number of esters is 2. The molecule has 0 spiro atoms. The molecule has 0 aromatic heterocycles. The van der Waals surface area contributed by atoms with E-state index in [1.165, 1.54) is 263 Å². The van der Waals surface area contributed by atoms with Gasteiger partial charge in [0.2, 0.25) is 0 Å². The van der Waals surface area contributed by atoms with Crippen molar-refractivity contribution in [1.29, 1.82) is 0 Å². The Labute approximate surface area is 447 Å². The zero-order valence-corrected chi connectivity index (χ0v) is 48.9. The summed E-state index contributed by atoms with van der Waals surface area (Å²) in [5.74, 6) is -1.98. The highest BCUT2D eigenvalue weighted by Gasteiger charge is 2.25. The van der Waals surface area contributed by atoms with E-state index in [1.807, 2.05) is 21.1 Å². The number of unbranched alkanes of at least 4 members (excludes halogenated alkanes) is 45. The molecule has 0 rings (SSSR count). The van der Waals surface area contributed by atoms with Crippen molar-refractivity contribution in [3.8, 4) is 0 Å². The first-order valence-corrected chi connectivity index (χ1v) is 31.7. The third kappa shape index (κ3) is 56.0. The van der Waals surface area contributed by atoms with Crippen LogP contribution in [-0.4, -0.2) is 87.4 Å². The number of likely N-dealkylation sites (N-methyl/N-ethyl adjacent to an activating group) is 1. The Morgan fingerprint density at radius 1 is 0.361 bits per heavy atom. The van der Waals surface area contributed by atoms with Crippen LogP contribution in [0.5, 0.6) is 0 Å². The fraction of sp³-hybridized carbons (Fsp3) is 0.952. The number of hydrogen-bond acceptors (Lipinski definition) is 7. The van der Waals surface area contributed by atoms with Crippen LogP contribution in [0.15, 0.2) is 0 Å². The lowest BCUT2D eigenvalue weighted by molar-refractivity contribution is -0.870. The van der Waals surface area contributed by atoms with Crippen molar-refractivity contribution >= 4 is 17.9 Å². The highest BCUT2D eigenvalue weighted by molar-refractivity contribution is 5.71. The average molecular weight is 1020 g/mol. The molecule has 2 unspecified atom stereocenters. The van der Waals surface area contributed by atoms with Crippen LogP contribution < -0.4 is 0 Å². The topological polar surface area (TPSA) is 108 Å². The third-order valence-electron chi connectivity index (χ3n) is 14.6. The summed E-state index contributed by atoms with van der Waals surface area (Å²) < 4.78 is 22.9. The van der Waals surface area contributed by atoms with Crippen molar-refractivity contribution in [2.24, 2.45) is 0 Å². The van der Waals surface area contributed by atoms with Crippen molar-refractivity contribution in [1.82, 2.24) is 0 Å². The van der Waals surface area contributed by atoms with Crippen molar-refractivity contribution in [2.75, 3.05) is 47.5 Å². The molecule has 1 N–H and O–H groups in total. The standard InChI is InChI=1S/C63H123NO8/c1-6-8-10-12-14-16-18-20-21-22-23-24-25-26-27-28-29-30-31-32-33-34-35-36-37-38-39-40-41-42-44-46-48-50-52-54-61(66)72-59(58-71-63(62(67)68)69-56-55-64(3,4)5)57-70-60(65)53-51-49-47-45-43-19-17-15-13-11-9-7-2/h59,63H,6-58H2,1-5H3/p+1. The molecular weight excluding hydrogens is 899 g/mol. The number of nitrogens with zero attached hydrogens (tertiary/aromatic N) is 1. The fourth-order valence-electron chi connectivity index (χ4n) is 9.72. The number of ether oxygens (including phenoxy) is 4. The Kier molecular flexibility index (Phi) is 54.2. The first-order chi connectivity index (χ1) is 35.1. The van der Waals surface area contributed by atoms with Gasteiger partial charge in [-0.05, 0) is 12.8 Å². The van der Waals surface area contributed by atoms with Gasteiger partial charge in [0.15, 0.2) is 6.10 Å². The van der Waals surface area contributed by atoms with Crippen molar-refractivity contribution in [3.63, 3.8) is 0 Å². The van der Waals surface area contributed by atoms with Gasteiger partial charge in [-0.15, -0.1) is 0 Å². The molecule has 0 aliphatic rings. The molecule has 0 amide bonds. The molecule has 428 valence electrons. The molecule has 0 aromatic rings. The molecule has 0 fully saturated rings. The minimum atomic E-state index is -1.50. The maximum Gasteiger partial charge on any atom is 0.361 e. The number of quaternary nitrogens is 1. The van der Waals surface area contributed by atoms with Crippen LogP contribution >= 0.6 is 0 Å². The summed E-state index contributed by atoms with van der Waals surface area (Å²) >= 11 is 0. The van der Waals surface area contributed by atoms with Gasteiger partial charge in [0, 0.05) is 12.8 Å². The van der Waals surface area contributed by atoms with E-state index >= 15 is 0 Å². The molecule has 72 heavy (non-hydrogen) atoms. The first-order valence-electron chi connectivity index (χ1n) is 31.7. The molecule has 0 aliphatic carbocycles. The first kappa shape index (κ1) is 70.3. The zero-order valence-electron chi connectivity index (χ0n) is 48.9. The van der Waals surface area contributed by atoms with E-state index in [0.717, 1.165) is 38.5 Å². The van der Waals surface area contributed by atoms with E-state index in [4.69, 9.17) is 18.9 Å². The summed E-state index contributed by atoms with van der Waals surface area (Å²) in [6.45, 7) is 4.93. The molecule has 2 atom stereocenters. The van der Waals surface area contributed by atoms with Crippen LogP contribution in [0.2, 0.25) is 0 Å². The summed E-state index contributed by atoms with van der Waals surface area (Å²) in [6, 6.07) is 0. The SMILES string of the molecule is CCCCCCCCCCCCCCCCCCCCCCCCCCCCCCCCCCCCCC(=O)OC(COC(=O)CCCCCCCCCCCCCC)COC(OCC[N+](C)(C)C)C(=O)O. The molecule has 9 nitrogen and oxygen atoms in total. The van der Waals surface area contributed by atoms with Crippen molar-refractivity contribution < 1.29 is 42.9 Å². The number of hydrogen-bond donors (Lipinski definition) is 1. The second kappa shape index (κ2) is 55.5. The maximum atomic E-state index is 12.9. The summed E-state index contributed by atoms with van der Waals surface area (Å²) in [7, 11) is 5.98. The molecule has 0 radical (unpaired) electrons. The second-order valence-corrected chi connectivity index (χ2v) is 23.1. The van der Waals surface area contributed by atoms with Crippen LogP contribution in [0.1, 0.15) is 328 Å². The number of carboxylic acid groups (broad SMARTS) is 1. The van der Waals surface area contributed by atoms with Gasteiger partial charge in [0.05, 0.1) is 34.4 Å². The normalized spacial score (nSPS) is 12.6. The second-order valence-electron chi connectivity index (χ2n) is 23.1. The highest BCUT2D eigenvalue weighted by atomic mass is 16.7. The van der Waals surface area contributed by atoms with Crippen molar-refractivity contribution in [3.05, 3.63) is 0 Å². The lowest BCUT2D eigenvalue weighted by Crippen LogP contribution is -2.40. The monoisotopic (exact) mass is 1020 g/mol. The molecule has 9 heteroatoms. The number of carbonyl (C=O) groups is 3. The zero-order chi connectivity index (χ0) is 52.7. The maximum absolute atomic E-state index is 12.9. The number of carboxylic acids is 1. The van der Waals surface area contributed by atoms with Gasteiger partial charge in [-0.2, -0.15) is 0 Å². The smallest absolute Gasteiger partial charge is 0.361 e. The van der Waals surface area contributed by atoms with Crippen molar-refractivity contribution in [2.45, 2.75) is 341 Å². The third-order valence-corrected chi connectivity index (χ3v) is 14.6. The predicted octanol–water partition coefficient (Wildman–Crippen LogP) is 18.7. The summed E-state index contributed by atoms with van der Waals surface area (Å²) in [5, 5.41) is 9.69. The Morgan fingerprint density at radius 2 is 0.625 bits per heavy atom. The van der Waals surface area contributed by atoms with E-state index in [2.05, 4.69) is 13.8 Å². The number of rotatable bonds is 60. The minimum absolute atomic E-state index is 0.173. The van der Waals surface area contributed by atoms with Crippen LogP contribution in [0.3, 0.4) is 0 Å². The Bertz CT molecular complexity index is 1140. The van der Waals surface area contributed by atoms with Crippen LogP contribution in [0, 0.1) is 0 Å². The predicted molar refractivity (Wildman–Crippen MR) is 305 cm³/mol. The minimum Gasteiger partial charge on any atom is -0.477 e. The quantitative estimate of drug-likeness (QED) is 0.0278. The van der Waals surface area contributed by atoms with E-state index in [0.29, 0.717) is 17.4 Å². The molecule has 0 aliphatic heterocycles. The van der Waals surface area contributed by atoms with Gasteiger partial charge in [0.25, 0.3) is 6.29 Å². The van der Waals surface area contributed by atoms with Gasteiger partial charge in [-0.25, -0.2) is 4.79 Å². The van der Waals surface area contributed by atoms with Crippen LogP contribution in [0.25, 0.3) is 0 Å². The summed E-state index contributed by atoms with van der Waals surface area (Å²) in [6.07, 6.45) is 60.8. The van der Waals surface area contributed by atoms with Crippen LogP contribution in [0.4, 0.5) is 0 Å². The molecule has 0 saturated heterocycles. The molecule has 0 aromatic carbocycles. The highest BCUT2D eigenvalue weighted by Crippen LogP contribution is 2.19. The lowest BCUT2D eigenvalue weighted by Gasteiger charge is -2.25. The van der Waals surface area contributed by atoms with E-state index < -0.39 is 18.4 Å². The average Bonchev–Trinajstić information content (AvgIpc) is 3.35. The number of aliphatic carboxylic acids is 1. The molecule has 0 bridgehead atoms. The molecular formula is C63H124NO8+. The van der Waals surface area contributed by atoms with E-state index in [-0.39, 0.29) is 38.2 Å². The summed E-state index contributed by atoms with van der Waals surface area (Å²) in [5.41, 5.74) is 0. The van der Waals surface area contributed by atoms with Gasteiger partial charge >= 0.3 is 17.9 Å². The Hall–Kier alpha value is -1.71. The molecule has 0 saturated carbocycles. The lowest BCUT2D eigenvalue weighted by atomic mass is 10.0. The largest absolute Gasteiger partial charge is 0.477 e. The van der Waals surface area contributed by atoms with Crippen LogP contribution in [-0.2, 0) is 33.3 Å². The summed E-state index contributed by atoms with van der Waals surface area (Å²) in [4.78, 5) is 37.3. The fourth-order valence-corrected chi connectivity index (χ4v) is 9.72. The van der Waals surface area contributed by atoms with Gasteiger partial charge in [-0.1, -0.05) is 303 Å². The van der Waals surface area contributed by atoms with Gasteiger partial charge in [0.1, 0.15) is 13.2 Å². The van der Waals surface area contributed by atoms with Gasteiger partial charge < -0.3 is 28.5 Å². The Morgan fingerprint density at radius 3 is 0.889 bits per heavy atom. The molecule has 0 heterocycles. The van der Waals surface area contributed by atoms with E-state index in [1.54, 1.807) is 0 Å². The number of carbonyl (C=O) groups excluding carboxylic acids is 2. The Balaban J connectivity index is 3.93.